The van der Waals surface area contributed by atoms with E-state index in [1.807, 2.05) is 0 Å². The third-order valence-electron chi connectivity index (χ3n) is 2.47. The van der Waals surface area contributed by atoms with Gasteiger partial charge in [-0.25, -0.2) is 4.79 Å². The minimum Gasteiger partial charge on any atom is -0.480 e. The summed E-state index contributed by atoms with van der Waals surface area (Å²) in [4.78, 5) is 35.5. The molecule has 0 saturated carbocycles. The van der Waals surface area contributed by atoms with Crippen molar-refractivity contribution in [2.75, 3.05) is 0 Å². The fraction of sp³-hybridized carbons (Fsp3) is 0.500. The predicted molar refractivity (Wildman–Crippen MR) is 64.7 cm³/mol. The zero-order valence-corrected chi connectivity index (χ0v) is 10.6. The van der Waals surface area contributed by atoms with Crippen molar-refractivity contribution in [3.05, 3.63) is 22.6 Å². The molecule has 1 heterocycles. The van der Waals surface area contributed by atoms with Crippen molar-refractivity contribution in [3.63, 3.8) is 0 Å². The van der Waals surface area contributed by atoms with Crippen molar-refractivity contribution in [3.8, 4) is 0 Å². The number of nitrogens with one attached hydrogen (secondary N) is 1. The average molecular weight is 286 g/mol. The van der Waals surface area contributed by atoms with E-state index in [0.717, 1.165) is 6.20 Å². The van der Waals surface area contributed by atoms with Gasteiger partial charge in [0.05, 0.1) is 6.10 Å². The SMILES string of the molecule is CC(O)C(NC(=O)CCn1cnc([N+](=O)[O-])c1)C(=O)O. The lowest BCUT2D eigenvalue weighted by Crippen LogP contribution is -2.47. The Morgan fingerprint density at radius 1 is 1.60 bits per heavy atom. The molecule has 0 spiro atoms. The van der Waals surface area contributed by atoms with E-state index >= 15 is 0 Å². The number of amides is 1. The maximum absolute atomic E-state index is 11.5. The smallest absolute Gasteiger partial charge is 0.381 e. The molecule has 0 saturated heterocycles. The number of imidazole rings is 1. The van der Waals surface area contributed by atoms with Gasteiger partial charge < -0.3 is 30.2 Å². The van der Waals surface area contributed by atoms with Crippen molar-refractivity contribution < 1.29 is 24.7 Å². The highest BCUT2D eigenvalue weighted by Gasteiger charge is 2.24. The number of aryl methyl sites for hydroxylation is 1. The fourth-order valence-corrected chi connectivity index (χ4v) is 1.43. The molecule has 1 aromatic rings. The van der Waals surface area contributed by atoms with E-state index in [1.165, 1.54) is 17.8 Å². The number of carboxylic acids is 1. The van der Waals surface area contributed by atoms with Crippen LogP contribution in [0.4, 0.5) is 5.82 Å². The van der Waals surface area contributed by atoms with E-state index < -0.39 is 28.9 Å². The molecule has 0 bridgehead atoms. The molecule has 10 heteroatoms. The summed E-state index contributed by atoms with van der Waals surface area (Å²) in [6.45, 7) is 1.36. The highest BCUT2D eigenvalue weighted by molar-refractivity contribution is 5.83. The normalized spacial score (nSPS) is 13.5. The molecule has 1 amide bonds. The topological polar surface area (TPSA) is 148 Å². The molecule has 10 nitrogen and oxygen atoms in total. The van der Waals surface area contributed by atoms with E-state index in [-0.39, 0.29) is 18.8 Å². The van der Waals surface area contributed by atoms with Gasteiger partial charge in [0.15, 0.2) is 6.04 Å². The zero-order chi connectivity index (χ0) is 15.3. The van der Waals surface area contributed by atoms with Gasteiger partial charge in [0.25, 0.3) is 0 Å². The maximum atomic E-state index is 11.5. The number of aliphatic hydroxyl groups excluding tert-OH is 1. The second-order valence-corrected chi connectivity index (χ2v) is 4.10. The van der Waals surface area contributed by atoms with E-state index in [9.17, 15) is 24.8 Å². The maximum Gasteiger partial charge on any atom is 0.381 e. The average Bonchev–Trinajstić information content (AvgIpc) is 2.81. The molecule has 2 atom stereocenters. The predicted octanol–water partition coefficient (Wildman–Crippen LogP) is -0.868. The minimum absolute atomic E-state index is 0.0932. The molecule has 0 aromatic carbocycles. The van der Waals surface area contributed by atoms with Crippen LogP contribution < -0.4 is 5.32 Å². The molecule has 110 valence electrons. The first-order valence-electron chi connectivity index (χ1n) is 5.67. The van der Waals surface area contributed by atoms with Gasteiger partial charge in [-0.15, -0.1) is 0 Å². The minimum atomic E-state index is -1.39. The van der Waals surface area contributed by atoms with Gasteiger partial charge in [0.1, 0.15) is 6.20 Å². The van der Waals surface area contributed by atoms with E-state index in [2.05, 4.69) is 10.3 Å². The highest BCUT2D eigenvalue weighted by Crippen LogP contribution is 2.06. The van der Waals surface area contributed by atoms with Gasteiger partial charge in [-0.05, 0) is 16.8 Å². The molecule has 1 aromatic heterocycles. The van der Waals surface area contributed by atoms with Crippen molar-refractivity contribution in [2.24, 2.45) is 0 Å². The zero-order valence-electron chi connectivity index (χ0n) is 10.6. The van der Waals surface area contributed by atoms with Crippen LogP contribution in [0.25, 0.3) is 0 Å². The monoisotopic (exact) mass is 286 g/mol. The third kappa shape index (κ3) is 4.31. The number of carboxylic acid groups (broad SMARTS) is 1. The summed E-state index contributed by atoms with van der Waals surface area (Å²) in [7, 11) is 0. The Hall–Kier alpha value is -2.49. The number of hydrogen-bond donors (Lipinski definition) is 3. The van der Waals surface area contributed by atoms with Crippen LogP contribution in [0.2, 0.25) is 0 Å². The molecule has 2 unspecified atom stereocenters. The molecule has 0 aliphatic carbocycles. The highest BCUT2D eigenvalue weighted by atomic mass is 16.6. The van der Waals surface area contributed by atoms with Gasteiger partial charge in [0, 0.05) is 13.0 Å². The standard InChI is InChI=1S/C10H14N4O6/c1-6(15)9(10(17)18)12-8(16)2-3-13-4-7(11-5-13)14(19)20/h4-6,9,15H,2-3H2,1H3,(H,12,16)(H,17,18). The van der Waals surface area contributed by atoms with E-state index in [1.54, 1.807) is 0 Å². The molecule has 1 rings (SSSR count). The number of carbonyl (C=O) groups is 2. The number of nitro groups is 1. The van der Waals surface area contributed by atoms with Crippen LogP contribution in [0.5, 0.6) is 0 Å². The van der Waals surface area contributed by atoms with Crippen molar-refractivity contribution in [2.45, 2.75) is 32.0 Å². The largest absolute Gasteiger partial charge is 0.480 e. The third-order valence-corrected chi connectivity index (χ3v) is 2.47. The molecular formula is C10H14N4O6. The van der Waals surface area contributed by atoms with Crippen LogP contribution in [0, 0.1) is 10.1 Å². The fourth-order valence-electron chi connectivity index (χ4n) is 1.43. The quantitative estimate of drug-likeness (QED) is 0.436. The van der Waals surface area contributed by atoms with Gasteiger partial charge >= 0.3 is 11.8 Å². The summed E-state index contributed by atoms with van der Waals surface area (Å²) in [6.07, 6.45) is 1.04. The van der Waals surface area contributed by atoms with Crippen LogP contribution in [0.15, 0.2) is 12.5 Å². The number of aromatic nitrogens is 2. The summed E-state index contributed by atoms with van der Waals surface area (Å²) in [5.74, 6) is -2.26. The number of aliphatic hydroxyl groups is 1. The van der Waals surface area contributed by atoms with Crippen LogP contribution in [-0.2, 0) is 16.1 Å². The van der Waals surface area contributed by atoms with Crippen LogP contribution in [0.1, 0.15) is 13.3 Å². The Labute approximate surface area is 113 Å². The number of aliphatic carboxylic acids is 1. The molecule has 0 aliphatic rings. The molecule has 0 fully saturated rings. The Morgan fingerprint density at radius 3 is 2.70 bits per heavy atom. The van der Waals surface area contributed by atoms with Crippen LogP contribution in [-0.4, -0.2) is 48.7 Å². The second kappa shape index (κ2) is 6.61. The molecule has 0 radical (unpaired) electrons. The summed E-state index contributed by atoms with van der Waals surface area (Å²) in [5.41, 5.74) is 0. The van der Waals surface area contributed by atoms with Crippen LogP contribution >= 0.6 is 0 Å². The number of hydrogen-bond acceptors (Lipinski definition) is 6. The van der Waals surface area contributed by atoms with E-state index in [4.69, 9.17) is 5.11 Å². The lowest BCUT2D eigenvalue weighted by Gasteiger charge is -2.16. The summed E-state index contributed by atoms with van der Waals surface area (Å²) < 4.78 is 1.34. The van der Waals surface area contributed by atoms with Gasteiger partial charge in [-0.2, -0.15) is 0 Å². The number of nitrogens with zero attached hydrogens (tertiary/aromatic N) is 3. The van der Waals surface area contributed by atoms with Crippen LogP contribution in [0.3, 0.4) is 0 Å². The first kappa shape index (κ1) is 15.6. The van der Waals surface area contributed by atoms with Gasteiger partial charge in [-0.1, -0.05) is 0 Å². The molecule has 3 N–H and O–H groups in total. The van der Waals surface area contributed by atoms with E-state index in [0.29, 0.717) is 0 Å². The van der Waals surface area contributed by atoms with Crippen molar-refractivity contribution in [1.82, 2.24) is 14.9 Å². The lowest BCUT2D eigenvalue weighted by molar-refractivity contribution is -0.389. The Bertz CT molecular complexity index is 512. The summed E-state index contributed by atoms with van der Waals surface area (Å²) in [6, 6.07) is -1.39. The Morgan fingerprint density at radius 2 is 2.25 bits per heavy atom. The first-order valence-corrected chi connectivity index (χ1v) is 5.67. The van der Waals surface area contributed by atoms with Gasteiger partial charge in [-0.3, -0.25) is 4.79 Å². The second-order valence-electron chi connectivity index (χ2n) is 4.10. The summed E-state index contributed by atoms with van der Waals surface area (Å²) >= 11 is 0. The molecule has 0 aliphatic heterocycles. The number of carbonyl (C=O) groups excluding carboxylic acids is 1. The van der Waals surface area contributed by atoms with Crippen molar-refractivity contribution in [1.29, 1.82) is 0 Å². The first-order chi connectivity index (χ1) is 9.31. The number of rotatable bonds is 7. The van der Waals surface area contributed by atoms with Gasteiger partial charge in [0.2, 0.25) is 12.2 Å². The van der Waals surface area contributed by atoms with Crippen molar-refractivity contribution >= 4 is 17.7 Å². The molecule has 20 heavy (non-hydrogen) atoms. The summed E-state index contributed by atoms with van der Waals surface area (Å²) in [5, 5.41) is 30.5. The Balaban J connectivity index is 2.50. The molecular weight excluding hydrogens is 272 g/mol. The Kier molecular flexibility index (Phi) is 5.15. The lowest BCUT2D eigenvalue weighted by atomic mass is 10.2.